The Kier molecular flexibility index (Phi) is 6.74. The Bertz CT molecular complexity index is 677. The Labute approximate surface area is 146 Å². The first kappa shape index (κ1) is 17.9. The number of hydrogen-bond donors (Lipinski definition) is 3. The summed E-state index contributed by atoms with van der Waals surface area (Å²) in [6, 6.07) is 9.37. The fourth-order valence-electron chi connectivity index (χ4n) is 2.05. The van der Waals surface area contributed by atoms with Crippen molar-refractivity contribution in [3.8, 4) is 0 Å². The molecule has 0 saturated carbocycles. The fraction of sp³-hybridized carbons (Fsp3) is 0.353. The predicted octanol–water partition coefficient (Wildman–Crippen LogP) is 2.11. The zero-order valence-electron chi connectivity index (χ0n) is 14.2. The molecule has 1 heterocycles. The lowest BCUT2D eigenvalue weighted by Crippen LogP contribution is -2.42. The van der Waals surface area contributed by atoms with Gasteiger partial charge in [0.05, 0.1) is 17.2 Å². The van der Waals surface area contributed by atoms with Crippen LogP contribution in [0.3, 0.4) is 0 Å². The molecular formula is C17H23N5OS. The van der Waals surface area contributed by atoms with E-state index in [1.165, 1.54) is 4.88 Å². The first-order valence-corrected chi connectivity index (χ1v) is 8.62. The Balaban J connectivity index is 1.71. The smallest absolute Gasteiger partial charge is 0.243 e. The molecule has 1 aromatic heterocycles. The van der Waals surface area contributed by atoms with E-state index >= 15 is 0 Å². The molecule has 0 aliphatic carbocycles. The first-order chi connectivity index (χ1) is 11.6. The summed E-state index contributed by atoms with van der Waals surface area (Å²) in [7, 11) is 1.68. The van der Waals surface area contributed by atoms with Crippen molar-refractivity contribution in [1.29, 1.82) is 0 Å². The number of amides is 1. The number of para-hydroxylation sites is 1. The number of hydrogen-bond acceptors (Lipinski definition) is 4. The first-order valence-electron chi connectivity index (χ1n) is 7.81. The second-order valence-corrected chi connectivity index (χ2v) is 6.55. The van der Waals surface area contributed by atoms with E-state index in [2.05, 4.69) is 32.9 Å². The summed E-state index contributed by atoms with van der Waals surface area (Å²) in [6.07, 6.45) is 0.830. The number of rotatable bonds is 6. The molecule has 2 aromatic rings. The third-order valence-electron chi connectivity index (χ3n) is 3.40. The summed E-state index contributed by atoms with van der Waals surface area (Å²) in [5, 5.41) is 10.1. The van der Waals surface area contributed by atoms with E-state index in [-0.39, 0.29) is 12.5 Å². The third kappa shape index (κ3) is 5.66. The number of benzene rings is 1. The number of nitrogens with one attached hydrogen (secondary N) is 3. The number of aromatic nitrogens is 1. The average Bonchev–Trinajstić information content (AvgIpc) is 2.89. The highest BCUT2D eigenvalue weighted by molar-refractivity contribution is 7.11. The lowest BCUT2D eigenvalue weighted by atomic mass is 10.3. The van der Waals surface area contributed by atoms with Gasteiger partial charge in [0.25, 0.3) is 0 Å². The van der Waals surface area contributed by atoms with Crippen molar-refractivity contribution in [2.75, 3.05) is 25.5 Å². The molecule has 1 aromatic carbocycles. The molecule has 0 unspecified atom stereocenters. The van der Waals surface area contributed by atoms with Gasteiger partial charge in [0, 0.05) is 30.6 Å². The van der Waals surface area contributed by atoms with Crippen LogP contribution >= 0.6 is 11.3 Å². The molecule has 7 heteroatoms. The van der Waals surface area contributed by atoms with Crippen LogP contribution in [0.15, 0.2) is 35.3 Å². The molecule has 6 nitrogen and oxygen atoms in total. The van der Waals surface area contributed by atoms with E-state index in [1.807, 2.05) is 37.3 Å². The fourth-order valence-corrected chi connectivity index (χ4v) is 2.98. The lowest BCUT2D eigenvalue weighted by molar-refractivity contribution is -0.115. The van der Waals surface area contributed by atoms with Crippen LogP contribution in [0, 0.1) is 13.8 Å². The van der Waals surface area contributed by atoms with Crippen LogP contribution in [-0.4, -0.2) is 37.0 Å². The van der Waals surface area contributed by atoms with Crippen molar-refractivity contribution in [2.24, 2.45) is 4.99 Å². The Hall–Kier alpha value is -2.41. The summed E-state index contributed by atoms with van der Waals surface area (Å²) in [4.78, 5) is 21.8. The highest BCUT2D eigenvalue weighted by Gasteiger charge is 2.06. The lowest BCUT2D eigenvalue weighted by Gasteiger charge is -2.11. The van der Waals surface area contributed by atoms with Gasteiger partial charge < -0.3 is 16.0 Å². The molecule has 3 N–H and O–H groups in total. The van der Waals surface area contributed by atoms with Crippen LogP contribution < -0.4 is 16.0 Å². The van der Waals surface area contributed by atoms with E-state index in [9.17, 15) is 4.79 Å². The minimum absolute atomic E-state index is 0.115. The number of guanidine groups is 1. The molecule has 0 aliphatic rings. The molecule has 0 fully saturated rings. The van der Waals surface area contributed by atoms with Crippen molar-refractivity contribution < 1.29 is 4.79 Å². The summed E-state index contributed by atoms with van der Waals surface area (Å²) < 4.78 is 0. The van der Waals surface area contributed by atoms with Gasteiger partial charge in [0.15, 0.2) is 5.96 Å². The number of aryl methyl sites for hydroxylation is 2. The molecule has 128 valence electrons. The van der Waals surface area contributed by atoms with E-state index < -0.39 is 0 Å². The number of carbonyl (C=O) groups excluding carboxylic acids is 1. The third-order valence-corrected chi connectivity index (χ3v) is 4.53. The SMILES string of the molecule is CN=C(NCCc1nc(C)c(C)s1)NCC(=O)Nc1ccccc1. The predicted molar refractivity (Wildman–Crippen MR) is 99.7 cm³/mol. The zero-order valence-corrected chi connectivity index (χ0v) is 15.0. The number of thiazole rings is 1. The summed E-state index contributed by atoms with van der Waals surface area (Å²) in [5.41, 5.74) is 1.87. The maximum absolute atomic E-state index is 11.9. The molecule has 1 amide bonds. The van der Waals surface area contributed by atoms with Crippen LogP contribution in [0.1, 0.15) is 15.6 Å². The van der Waals surface area contributed by atoms with Gasteiger partial charge >= 0.3 is 0 Å². The number of aliphatic imine (C=N–C) groups is 1. The molecule has 0 radical (unpaired) electrons. The van der Waals surface area contributed by atoms with Gasteiger partial charge in [-0.2, -0.15) is 0 Å². The van der Waals surface area contributed by atoms with E-state index in [1.54, 1.807) is 18.4 Å². The topological polar surface area (TPSA) is 78.4 Å². The number of anilines is 1. The molecule has 0 aliphatic heterocycles. The van der Waals surface area contributed by atoms with Crippen molar-refractivity contribution in [3.63, 3.8) is 0 Å². The number of nitrogens with zero attached hydrogens (tertiary/aromatic N) is 2. The van der Waals surface area contributed by atoms with Crippen LogP contribution in [0.4, 0.5) is 5.69 Å². The van der Waals surface area contributed by atoms with Crippen LogP contribution in [-0.2, 0) is 11.2 Å². The van der Waals surface area contributed by atoms with Gasteiger partial charge in [-0.15, -0.1) is 11.3 Å². The second kappa shape index (κ2) is 9.02. The second-order valence-electron chi connectivity index (χ2n) is 5.27. The largest absolute Gasteiger partial charge is 0.356 e. The average molecular weight is 345 g/mol. The van der Waals surface area contributed by atoms with E-state index in [0.29, 0.717) is 12.5 Å². The molecule has 24 heavy (non-hydrogen) atoms. The van der Waals surface area contributed by atoms with E-state index in [4.69, 9.17) is 0 Å². The molecule has 0 spiro atoms. The van der Waals surface area contributed by atoms with Crippen molar-refractivity contribution >= 4 is 28.9 Å². The van der Waals surface area contributed by atoms with Gasteiger partial charge in [-0.3, -0.25) is 9.79 Å². The Morgan fingerprint density at radius 1 is 1.21 bits per heavy atom. The minimum atomic E-state index is -0.115. The molecule has 2 rings (SSSR count). The zero-order chi connectivity index (χ0) is 17.4. The Morgan fingerprint density at radius 3 is 2.58 bits per heavy atom. The summed E-state index contributed by atoms with van der Waals surface area (Å²) in [5.74, 6) is 0.485. The monoisotopic (exact) mass is 345 g/mol. The van der Waals surface area contributed by atoms with Gasteiger partial charge in [-0.05, 0) is 26.0 Å². The molecular weight excluding hydrogens is 322 g/mol. The van der Waals surface area contributed by atoms with Crippen LogP contribution in [0.25, 0.3) is 0 Å². The van der Waals surface area contributed by atoms with Gasteiger partial charge in [-0.1, -0.05) is 18.2 Å². The Morgan fingerprint density at radius 2 is 1.96 bits per heavy atom. The van der Waals surface area contributed by atoms with Gasteiger partial charge in [0.2, 0.25) is 5.91 Å². The summed E-state index contributed by atoms with van der Waals surface area (Å²) in [6.45, 7) is 4.97. The minimum Gasteiger partial charge on any atom is -0.356 e. The molecule has 0 bridgehead atoms. The maximum atomic E-state index is 11.9. The van der Waals surface area contributed by atoms with Gasteiger partial charge in [0.1, 0.15) is 0 Å². The van der Waals surface area contributed by atoms with Crippen molar-refractivity contribution in [2.45, 2.75) is 20.3 Å². The normalized spacial score (nSPS) is 11.2. The van der Waals surface area contributed by atoms with Crippen LogP contribution in [0.2, 0.25) is 0 Å². The number of carbonyl (C=O) groups is 1. The molecule has 0 saturated heterocycles. The maximum Gasteiger partial charge on any atom is 0.243 e. The van der Waals surface area contributed by atoms with E-state index in [0.717, 1.165) is 22.8 Å². The van der Waals surface area contributed by atoms with Gasteiger partial charge in [-0.25, -0.2) is 4.98 Å². The van der Waals surface area contributed by atoms with Crippen molar-refractivity contribution in [1.82, 2.24) is 15.6 Å². The van der Waals surface area contributed by atoms with Crippen LogP contribution in [0.5, 0.6) is 0 Å². The highest BCUT2D eigenvalue weighted by Crippen LogP contribution is 2.16. The quantitative estimate of drug-likeness (QED) is 0.553. The molecule has 0 atom stereocenters. The van der Waals surface area contributed by atoms with Crippen molar-refractivity contribution in [3.05, 3.63) is 45.9 Å². The summed E-state index contributed by atoms with van der Waals surface area (Å²) >= 11 is 1.72. The highest BCUT2D eigenvalue weighted by atomic mass is 32.1. The standard InChI is InChI=1S/C17H23N5OS/c1-12-13(2)24-16(21-12)9-10-19-17(18-3)20-11-15(23)22-14-7-5-4-6-8-14/h4-8H,9-11H2,1-3H3,(H,22,23)(H2,18,19,20).